The van der Waals surface area contributed by atoms with E-state index in [1.54, 1.807) is 6.26 Å². The Morgan fingerprint density at radius 2 is 2.21 bits per heavy atom. The highest BCUT2D eigenvalue weighted by Crippen LogP contribution is 2.29. The average Bonchev–Trinajstić information content (AvgIpc) is 2.18. The number of allylic oxidation sites excluding steroid dienone is 1. The Hall–Kier alpha value is -1.24. The summed E-state index contributed by atoms with van der Waals surface area (Å²) < 4.78 is 5.57. The second-order valence-corrected chi connectivity index (χ2v) is 4.20. The van der Waals surface area contributed by atoms with Crippen molar-refractivity contribution in [3.8, 4) is 5.75 Å². The molecule has 14 heavy (non-hydrogen) atoms. The molecule has 1 nitrogen and oxygen atoms in total. The van der Waals surface area contributed by atoms with Crippen molar-refractivity contribution in [1.29, 1.82) is 0 Å². The van der Waals surface area contributed by atoms with E-state index in [9.17, 15) is 0 Å². The quantitative estimate of drug-likeness (QED) is 0.691. The number of hydrogen-bond donors (Lipinski definition) is 0. The van der Waals surface area contributed by atoms with Crippen LogP contribution >= 0.6 is 0 Å². The Morgan fingerprint density at radius 1 is 1.36 bits per heavy atom. The molecule has 0 saturated carbocycles. The van der Waals surface area contributed by atoms with Crippen LogP contribution in [0.25, 0.3) is 0 Å². The molecule has 0 fully saturated rings. The van der Waals surface area contributed by atoms with E-state index in [0.29, 0.717) is 5.92 Å². The van der Waals surface area contributed by atoms with Gasteiger partial charge < -0.3 is 4.74 Å². The molecule has 74 valence electrons. The smallest absolute Gasteiger partial charge is 0.133 e. The van der Waals surface area contributed by atoms with Crippen molar-refractivity contribution in [3.05, 3.63) is 41.7 Å². The molecule has 1 aliphatic heterocycles. The largest absolute Gasteiger partial charge is 0.465 e. The Labute approximate surface area is 85.4 Å². The predicted octanol–water partition coefficient (Wildman–Crippen LogP) is 3.33. The summed E-state index contributed by atoms with van der Waals surface area (Å²) in [6.07, 6.45) is 5.95. The summed E-state index contributed by atoms with van der Waals surface area (Å²) in [5.41, 5.74) is 2.65. The van der Waals surface area contributed by atoms with Crippen molar-refractivity contribution in [2.24, 2.45) is 5.92 Å². The monoisotopic (exact) mass is 188 g/mol. The van der Waals surface area contributed by atoms with Gasteiger partial charge in [-0.1, -0.05) is 32.0 Å². The maximum atomic E-state index is 5.57. The zero-order valence-electron chi connectivity index (χ0n) is 8.79. The van der Waals surface area contributed by atoms with Crippen molar-refractivity contribution in [1.82, 2.24) is 0 Å². The number of benzene rings is 1. The van der Waals surface area contributed by atoms with Crippen LogP contribution in [0.4, 0.5) is 0 Å². The maximum Gasteiger partial charge on any atom is 0.133 e. The summed E-state index contributed by atoms with van der Waals surface area (Å²) in [6.45, 7) is 4.47. The van der Waals surface area contributed by atoms with E-state index < -0.39 is 0 Å². The van der Waals surface area contributed by atoms with Gasteiger partial charge in [0.2, 0.25) is 0 Å². The third-order valence-electron chi connectivity index (χ3n) is 2.43. The first-order chi connectivity index (χ1) is 6.77. The molecule has 1 aromatic carbocycles. The Balaban J connectivity index is 2.33. The Morgan fingerprint density at radius 3 is 3.00 bits per heavy atom. The molecule has 2 rings (SSSR count). The third kappa shape index (κ3) is 1.82. The molecular weight excluding hydrogens is 172 g/mol. The van der Waals surface area contributed by atoms with Crippen LogP contribution in [0, 0.1) is 5.92 Å². The van der Waals surface area contributed by atoms with Crippen molar-refractivity contribution in [2.45, 2.75) is 26.7 Å². The van der Waals surface area contributed by atoms with E-state index in [-0.39, 0.29) is 0 Å². The van der Waals surface area contributed by atoms with Crippen LogP contribution in [0.3, 0.4) is 0 Å². The molecule has 0 unspecified atom stereocenters. The van der Waals surface area contributed by atoms with E-state index >= 15 is 0 Å². The first-order valence-corrected chi connectivity index (χ1v) is 5.20. The molecule has 0 saturated heterocycles. The molecule has 0 N–H and O–H groups in total. The zero-order valence-corrected chi connectivity index (χ0v) is 8.79. The van der Waals surface area contributed by atoms with Crippen LogP contribution in [-0.4, -0.2) is 0 Å². The van der Waals surface area contributed by atoms with Crippen LogP contribution in [-0.2, 0) is 12.8 Å². The van der Waals surface area contributed by atoms with Crippen LogP contribution in [0.15, 0.2) is 30.5 Å². The molecule has 0 bridgehead atoms. The molecule has 0 aliphatic carbocycles. The number of para-hydroxylation sites is 1. The third-order valence-corrected chi connectivity index (χ3v) is 2.43. The number of fused-ring (bicyclic) bond motifs is 1. The van der Waals surface area contributed by atoms with E-state index in [1.165, 1.54) is 11.1 Å². The second-order valence-electron chi connectivity index (χ2n) is 4.20. The van der Waals surface area contributed by atoms with Gasteiger partial charge in [-0.15, -0.1) is 0 Å². The lowest BCUT2D eigenvalue weighted by molar-refractivity contribution is 0.453. The molecule has 1 aliphatic rings. The Kier molecular flexibility index (Phi) is 2.58. The molecule has 0 atom stereocenters. The zero-order chi connectivity index (χ0) is 9.97. The van der Waals surface area contributed by atoms with E-state index in [0.717, 1.165) is 18.6 Å². The van der Waals surface area contributed by atoms with E-state index in [2.05, 4.69) is 38.1 Å². The lowest BCUT2D eigenvalue weighted by atomic mass is 9.98. The first kappa shape index (κ1) is 9.32. The minimum Gasteiger partial charge on any atom is -0.465 e. The lowest BCUT2D eigenvalue weighted by Gasteiger charge is -2.16. The summed E-state index contributed by atoms with van der Waals surface area (Å²) in [4.78, 5) is 0. The topological polar surface area (TPSA) is 9.23 Å². The number of ether oxygens (including phenoxy) is 1. The van der Waals surface area contributed by atoms with Crippen LogP contribution in [0.2, 0.25) is 0 Å². The maximum absolute atomic E-state index is 5.57. The number of rotatable bonds is 2. The van der Waals surface area contributed by atoms with Crippen molar-refractivity contribution >= 4 is 0 Å². The fourth-order valence-electron chi connectivity index (χ4n) is 1.84. The molecule has 1 aromatic rings. The van der Waals surface area contributed by atoms with Gasteiger partial charge in [0.15, 0.2) is 0 Å². The van der Waals surface area contributed by atoms with Gasteiger partial charge in [0.1, 0.15) is 5.75 Å². The van der Waals surface area contributed by atoms with Gasteiger partial charge in [-0.2, -0.15) is 0 Å². The fraction of sp³-hybridized carbons (Fsp3) is 0.385. The van der Waals surface area contributed by atoms with Crippen LogP contribution < -0.4 is 4.74 Å². The highest BCUT2D eigenvalue weighted by atomic mass is 16.5. The summed E-state index contributed by atoms with van der Waals surface area (Å²) in [5.74, 6) is 1.76. The van der Waals surface area contributed by atoms with Gasteiger partial charge in [0, 0.05) is 0 Å². The van der Waals surface area contributed by atoms with Crippen molar-refractivity contribution < 1.29 is 4.74 Å². The molecule has 1 heterocycles. The highest BCUT2D eigenvalue weighted by molar-refractivity contribution is 5.44. The van der Waals surface area contributed by atoms with Gasteiger partial charge >= 0.3 is 0 Å². The van der Waals surface area contributed by atoms with Crippen molar-refractivity contribution in [3.63, 3.8) is 0 Å². The standard InChI is InChI=1S/C13H16O/c1-10(2)9-12-6-3-5-11-7-4-8-14-13(11)12/h3-6,8,10H,7,9H2,1-2H3. The van der Waals surface area contributed by atoms with Crippen LogP contribution in [0.1, 0.15) is 25.0 Å². The molecule has 0 radical (unpaired) electrons. The van der Waals surface area contributed by atoms with Crippen molar-refractivity contribution in [2.75, 3.05) is 0 Å². The van der Waals surface area contributed by atoms with Gasteiger partial charge in [-0.05, 0) is 36.0 Å². The van der Waals surface area contributed by atoms with E-state index in [4.69, 9.17) is 4.74 Å². The minimum absolute atomic E-state index is 0.677. The van der Waals surface area contributed by atoms with Crippen LogP contribution in [0.5, 0.6) is 5.75 Å². The molecule has 0 spiro atoms. The average molecular weight is 188 g/mol. The number of hydrogen-bond acceptors (Lipinski definition) is 1. The molecular formula is C13H16O. The summed E-state index contributed by atoms with van der Waals surface area (Å²) in [7, 11) is 0. The normalized spacial score (nSPS) is 13.9. The van der Waals surface area contributed by atoms with Gasteiger partial charge in [0.05, 0.1) is 6.26 Å². The highest BCUT2D eigenvalue weighted by Gasteiger charge is 2.11. The summed E-state index contributed by atoms with van der Waals surface area (Å²) >= 11 is 0. The van der Waals surface area contributed by atoms with Gasteiger partial charge in [-0.25, -0.2) is 0 Å². The molecule has 0 aromatic heterocycles. The fourth-order valence-corrected chi connectivity index (χ4v) is 1.84. The SMILES string of the molecule is CC(C)Cc1cccc2c1OC=CC2. The second kappa shape index (κ2) is 3.87. The lowest BCUT2D eigenvalue weighted by Crippen LogP contribution is -2.03. The Bertz CT molecular complexity index is 350. The predicted molar refractivity (Wildman–Crippen MR) is 58.5 cm³/mol. The minimum atomic E-state index is 0.677. The summed E-state index contributed by atoms with van der Waals surface area (Å²) in [5, 5.41) is 0. The van der Waals surface area contributed by atoms with Gasteiger partial charge in [0.25, 0.3) is 0 Å². The molecule has 1 heteroatoms. The first-order valence-electron chi connectivity index (χ1n) is 5.20. The van der Waals surface area contributed by atoms with E-state index in [1.807, 2.05) is 0 Å². The van der Waals surface area contributed by atoms with Gasteiger partial charge in [-0.3, -0.25) is 0 Å². The molecule has 0 amide bonds. The summed E-state index contributed by atoms with van der Waals surface area (Å²) in [6, 6.07) is 6.43.